The molecule has 1 aromatic carbocycles. The van der Waals surface area contributed by atoms with Crippen molar-refractivity contribution in [2.24, 2.45) is 0 Å². The van der Waals surface area contributed by atoms with Gasteiger partial charge in [0, 0.05) is 63.0 Å². The summed E-state index contributed by atoms with van der Waals surface area (Å²) in [4.78, 5) is 15.3. The van der Waals surface area contributed by atoms with Crippen LogP contribution in [0.25, 0.3) is 22.6 Å². The summed E-state index contributed by atoms with van der Waals surface area (Å²) in [7, 11) is 1.97. The van der Waals surface area contributed by atoms with Crippen LogP contribution in [0.15, 0.2) is 28.8 Å². The summed E-state index contributed by atoms with van der Waals surface area (Å²) in [6.45, 7) is 12.9. The van der Waals surface area contributed by atoms with Gasteiger partial charge in [-0.2, -0.15) is 0 Å². The minimum absolute atomic E-state index is 0.752. The molecular formula is C27H37N7O. The molecule has 0 radical (unpaired) electrons. The van der Waals surface area contributed by atoms with Gasteiger partial charge in [0.15, 0.2) is 5.82 Å². The second-order valence-electron chi connectivity index (χ2n) is 9.78. The molecule has 3 heterocycles. The molecule has 0 bridgehead atoms. The largest absolute Gasteiger partial charge is 0.361 e. The molecule has 2 N–H and O–H groups in total. The van der Waals surface area contributed by atoms with Crippen molar-refractivity contribution >= 4 is 5.82 Å². The molecule has 0 unspecified atom stereocenters. The van der Waals surface area contributed by atoms with Crippen LogP contribution in [0.3, 0.4) is 0 Å². The van der Waals surface area contributed by atoms with Crippen molar-refractivity contribution in [3.05, 3.63) is 46.8 Å². The van der Waals surface area contributed by atoms with Crippen molar-refractivity contribution < 1.29 is 4.52 Å². The molecule has 5 rings (SSSR count). The molecule has 2 fully saturated rings. The maximum absolute atomic E-state index is 5.52. The maximum atomic E-state index is 5.52. The lowest BCUT2D eigenvalue weighted by atomic mass is 10.0. The van der Waals surface area contributed by atoms with Crippen molar-refractivity contribution in [3.8, 4) is 22.6 Å². The highest BCUT2D eigenvalue weighted by atomic mass is 16.5. The molecule has 8 heteroatoms. The van der Waals surface area contributed by atoms with E-state index in [9.17, 15) is 0 Å². The van der Waals surface area contributed by atoms with Crippen molar-refractivity contribution in [3.63, 3.8) is 0 Å². The Morgan fingerprint density at radius 2 is 1.83 bits per heavy atom. The quantitative estimate of drug-likeness (QED) is 0.456. The number of likely N-dealkylation sites (N-methyl/N-ethyl adjacent to an activating group) is 1. The Morgan fingerprint density at radius 1 is 1.03 bits per heavy atom. The van der Waals surface area contributed by atoms with Gasteiger partial charge in [-0.3, -0.25) is 4.90 Å². The van der Waals surface area contributed by atoms with Gasteiger partial charge >= 0.3 is 0 Å². The van der Waals surface area contributed by atoms with Crippen LogP contribution in [-0.4, -0.2) is 72.4 Å². The highest BCUT2D eigenvalue weighted by Gasteiger charge is 2.32. The molecule has 1 saturated heterocycles. The SMILES string of the molecule is CNCCNCc1cccc(-c2nc(-c3c(C)noc3C)c(C)c(N3CCN(C4CC4)CC3)n2)c1. The minimum atomic E-state index is 0.752. The van der Waals surface area contributed by atoms with E-state index in [0.717, 1.165) is 97.3 Å². The number of nitrogens with zero attached hydrogens (tertiary/aromatic N) is 5. The Morgan fingerprint density at radius 3 is 2.51 bits per heavy atom. The normalized spacial score (nSPS) is 16.7. The summed E-state index contributed by atoms with van der Waals surface area (Å²) in [5.74, 6) is 2.57. The summed E-state index contributed by atoms with van der Waals surface area (Å²) in [5.41, 5.74) is 6.11. The molecule has 35 heavy (non-hydrogen) atoms. The van der Waals surface area contributed by atoms with Gasteiger partial charge in [-0.1, -0.05) is 23.4 Å². The van der Waals surface area contributed by atoms with Crippen LogP contribution in [0, 0.1) is 20.8 Å². The number of aryl methyl sites for hydroxylation is 2. The van der Waals surface area contributed by atoms with E-state index >= 15 is 0 Å². The Bertz CT molecular complexity index is 1140. The fourth-order valence-corrected chi connectivity index (χ4v) is 5.01. The van der Waals surface area contributed by atoms with Gasteiger partial charge in [0.25, 0.3) is 0 Å². The molecule has 0 spiro atoms. The summed E-state index contributed by atoms with van der Waals surface area (Å²) < 4.78 is 5.52. The lowest BCUT2D eigenvalue weighted by Crippen LogP contribution is -2.47. The zero-order chi connectivity index (χ0) is 24.4. The highest BCUT2D eigenvalue weighted by molar-refractivity contribution is 5.75. The van der Waals surface area contributed by atoms with Crippen molar-refractivity contribution in [1.29, 1.82) is 0 Å². The van der Waals surface area contributed by atoms with Crippen LogP contribution < -0.4 is 15.5 Å². The third-order valence-electron chi connectivity index (χ3n) is 7.13. The molecule has 1 aliphatic heterocycles. The Kier molecular flexibility index (Phi) is 7.13. The Balaban J connectivity index is 1.50. The zero-order valence-electron chi connectivity index (χ0n) is 21.4. The lowest BCUT2D eigenvalue weighted by molar-refractivity contribution is 0.247. The Hall–Kier alpha value is -2.81. The van der Waals surface area contributed by atoms with Gasteiger partial charge in [-0.15, -0.1) is 0 Å². The summed E-state index contributed by atoms with van der Waals surface area (Å²) in [6, 6.07) is 9.35. The van der Waals surface area contributed by atoms with Gasteiger partial charge < -0.3 is 20.1 Å². The number of piperazine rings is 1. The number of nitrogens with one attached hydrogen (secondary N) is 2. The monoisotopic (exact) mass is 475 g/mol. The first-order chi connectivity index (χ1) is 17.0. The van der Waals surface area contributed by atoms with Crippen LogP contribution in [0.4, 0.5) is 5.82 Å². The molecule has 3 aromatic rings. The van der Waals surface area contributed by atoms with E-state index in [-0.39, 0.29) is 0 Å². The second kappa shape index (κ2) is 10.4. The molecule has 0 amide bonds. The summed E-state index contributed by atoms with van der Waals surface area (Å²) in [6.07, 6.45) is 2.71. The number of hydrogen-bond donors (Lipinski definition) is 2. The number of aromatic nitrogens is 3. The molecule has 186 valence electrons. The molecule has 1 saturated carbocycles. The summed E-state index contributed by atoms with van der Waals surface area (Å²) in [5, 5.41) is 10.9. The van der Waals surface area contributed by atoms with Crippen LogP contribution in [0.5, 0.6) is 0 Å². The van der Waals surface area contributed by atoms with E-state index in [4.69, 9.17) is 14.5 Å². The number of rotatable bonds is 9. The first-order valence-electron chi connectivity index (χ1n) is 12.8. The number of hydrogen-bond acceptors (Lipinski definition) is 8. The third kappa shape index (κ3) is 5.24. The first-order valence-corrected chi connectivity index (χ1v) is 12.8. The van der Waals surface area contributed by atoms with Crippen molar-refractivity contribution in [1.82, 2.24) is 30.7 Å². The molecule has 1 aliphatic carbocycles. The third-order valence-corrected chi connectivity index (χ3v) is 7.13. The van der Waals surface area contributed by atoms with Crippen LogP contribution in [0.1, 0.15) is 35.4 Å². The van der Waals surface area contributed by atoms with Crippen molar-refractivity contribution in [2.75, 3.05) is 51.2 Å². The lowest BCUT2D eigenvalue weighted by Gasteiger charge is -2.36. The zero-order valence-corrected chi connectivity index (χ0v) is 21.4. The van der Waals surface area contributed by atoms with Gasteiger partial charge in [0.1, 0.15) is 11.6 Å². The number of benzene rings is 1. The highest BCUT2D eigenvalue weighted by Crippen LogP contribution is 2.35. The predicted octanol–water partition coefficient (Wildman–Crippen LogP) is 3.32. The topological polar surface area (TPSA) is 82.3 Å². The van der Waals surface area contributed by atoms with E-state index in [0.29, 0.717) is 0 Å². The fourth-order valence-electron chi connectivity index (χ4n) is 5.01. The van der Waals surface area contributed by atoms with Crippen LogP contribution in [0.2, 0.25) is 0 Å². The van der Waals surface area contributed by atoms with Gasteiger partial charge in [0.05, 0.1) is 17.0 Å². The van der Waals surface area contributed by atoms with Gasteiger partial charge in [-0.05, 0) is 52.3 Å². The van der Waals surface area contributed by atoms with E-state index in [1.54, 1.807) is 0 Å². The minimum Gasteiger partial charge on any atom is -0.361 e. The molecule has 2 aromatic heterocycles. The molecule has 2 aliphatic rings. The Labute approximate surface area is 208 Å². The van der Waals surface area contributed by atoms with E-state index in [1.165, 1.54) is 18.4 Å². The number of anilines is 1. The fraction of sp³-hybridized carbons (Fsp3) is 0.519. The predicted molar refractivity (Wildman–Crippen MR) is 140 cm³/mol. The molecule has 8 nitrogen and oxygen atoms in total. The smallest absolute Gasteiger partial charge is 0.162 e. The standard InChI is InChI=1S/C27H37N7O/c1-18-25(24-19(2)32-35-20(24)3)30-26(22-7-5-6-21(16-22)17-29-11-10-28-4)31-27(18)34-14-12-33(13-15-34)23-8-9-23/h5-7,16,23,28-29H,8-15,17H2,1-4H3. The first kappa shape index (κ1) is 23.9. The van der Waals surface area contributed by atoms with E-state index in [2.05, 4.69) is 56.8 Å². The second-order valence-corrected chi connectivity index (χ2v) is 9.78. The average Bonchev–Trinajstić information content (AvgIpc) is 3.67. The van der Waals surface area contributed by atoms with Crippen LogP contribution >= 0.6 is 0 Å². The van der Waals surface area contributed by atoms with E-state index in [1.807, 2.05) is 20.9 Å². The maximum Gasteiger partial charge on any atom is 0.162 e. The van der Waals surface area contributed by atoms with Gasteiger partial charge in [-0.25, -0.2) is 9.97 Å². The summed E-state index contributed by atoms with van der Waals surface area (Å²) >= 11 is 0. The van der Waals surface area contributed by atoms with Crippen LogP contribution in [-0.2, 0) is 6.54 Å². The average molecular weight is 476 g/mol. The molecular weight excluding hydrogens is 438 g/mol. The van der Waals surface area contributed by atoms with Crippen molar-refractivity contribution in [2.45, 2.75) is 46.2 Å². The molecule has 0 atom stereocenters. The van der Waals surface area contributed by atoms with E-state index < -0.39 is 0 Å². The van der Waals surface area contributed by atoms with Gasteiger partial charge in [0.2, 0.25) is 0 Å².